The lowest BCUT2D eigenvalue weighted by atomic mass is 9.97. The fraction of sp³-hybridized carbons (Fsp3) is 0.429. The third kappa shape index (κ3) is 4.19. The van der Waals surface area contributed by atoms with Crippen molar-refractivity contribution in [2.75, 3.05) is 13.2 Å². The Morgan fingerprint density at radius 3 is 2.16 bits per heavy atom. The summed E-state index contributed by atoms with van der Waals surface area (Å²) < 4.78 is 10.8. The minimum atomic E-state index is -1.01. The number of carbonyl (C=O) groups excluding carboxylic acids is 2. The summed E-state index contributed by atoms with van der Waals surface area (Å²) in [5, 5.41) is 0. The van der Waals surface area contributed by atoms with Crippen LogP contribution < -0.4 is 0 Å². The monoisotopic (exact) mass is 376 g/mol. The van der Waals surface area contributed by atoms with Crippen LogP contribution in [0.15, 0.2) is 18.2 Å². The first-order chi connectivity index (χ1) is 9.01. The molecule has 0 aliphatic heterocycles. The van der Waals surface area contributed by atoms with E-state index in [-0.39, 0.29) is 13.2 Å². The highest BCUT2D eigenvalue weighted by atomic mass is 127. The maximum Gasteiger partial charge on any atom is 0.324 e. The van der Waals surface area contributed by atoms with Crippen LogP contribution >= 0.6 is 22.6 Å². The molecule has 0 fully saturated rings. The van der Waals surface area contributed by atoms with Gasteiger partial charge >= 0.3 is 11.9 Å². The van der Waals surface area contributed by atoms with E-state index >= 15 is 0 Å². The lowest BCUT2D eigenvalue weighted by Crippen LogP contribution is -2.27. The molecule has 0 heterocycles. The molecule has 0 aromatic heterocycles. The van der Waals surface area contributed by atoms with E-state index in [0.717, 1.165) is 9.13 Å². The van der Waals surface area contributed by atoms with Crippen molar-refractivity contribution >= 4 is 34.5 Å². The SMILES string of the molecule is CCOC(=O)C(C(=O)OCC)c1cc(C)ccc1I. The number of halogens is 1. The summed E-state index contributed by atoms with van der Waals surface area (Å²) >= 11 is 2.10. The number of hydrogen-bond donors (Lipinski definition) is 0. The van der Waals surface area contributed by atoms with Gasteiger partial charge in [-0.1, -0.05) is 17.7 Å². The largest absolute Gasteiger partial charge is 0.465 e. The van der Waals surface area contributed by atoms with Crippen molar-refractivity contribution in [1.82, 2.24) is 0 Å². The summed E-state index contributed by atoms with van der Waals surface area (Å²) in [6.07, 6.45) is 0. The Balaban J connectivity index is 3.18. The third-order valence-electron chi connectivity index (χ3n) is 2.51. The molecule has 1 aromatic rings. The van der Waals surface area contributed by atoms with E-state index in [0.29, 0.717) is 5.56 Å². The molecule has 0 unspecified atom stereocenters. The van der Waals surface area contributed by atoms with E-state index < -0.39 is 17.9 Å². The smallest absolute Gasteiger partial charge is 0.324 e. The zero-order valence-electron chi connectivity index (χ0n) is 11.2. The molecule has 0 radical (unpaired) electrons. The minimum absolute atomic E-state index is 0.233. The van der Waals surface area contributed by atoms with Gasteiger partial charge in [-0.25, -0.2) is 0 Å². The molecule has 0 amide bonds. The van der Waals surface area contributed by atoms with Crippen LogP contribution in [0.4, 0.5) is 0 Å². The van der Waals surface area contributed by atoms with Gasteiger partial charge in [0.2, 0.25) is 0 Å². The molecule has 0 bridgehead atoms. The quantitative estimate of drug-likeness (QED) is 0.451. The molecule has 104 valence electrons. The fourth-order valence-electron chi connectivity index (χ4n) is 1.69. The van der Waals surface area contributed by atoms with Gasteiger partial charge in [-0.2, -0.15) is 0 Å². The van der Waals surface area contributed by atoms with E-state index in [1.807, 2.05) is 25.1 Å². The summed E-state index contributed by atoms with van der Waals surface area (Å²) in [5.74, 6) is -2.14. The predicted molar refractivity (Wildman–Crippen MR) is 79.9 cm³/mol. The van der Waals surface area contributed by atoms with Gasteiger partial charge in [-0.3, -0.25) is 9.59 Å². The predicted octanol–water partition coefficient (Wildman–Crippen LogP) is 2.81. The minimum Gasteiger partial charge on any atom is -0.465 e. The molecule has 1 aromatic carbocycles. The number of esters is 2. The van der Waals surface area contributed by atoms with Gasteiger partial charge in [-0.15, -0.1) is 0 Å². The second-order valence-electron chi connectivity index (χ2n) is 3.96. The van der Waals surface area contributed by atoms with E-state index in [4.69, 9.17) is 9.47 Å². The molecule has 0 N–H and O–H groups in total. The number of benzene rings is 1. The standard InChI is InChI=1S/C14H17IO4/c1-4-18-13(16)12(14(17)19-5-2)10-8-9(3)6-7-11(10)15/h6-8,12H,4-5H2,1-3H3. The molecular weight excluding hydrogens is 359 g/mol. The van der Waals surface area contributed by atoms with Crippen LogP contribution in [0.2, 0.25) is 0 Å². The number of carbonyl (C=O) groups is 2. The van der Waals surface area contributed by atoms with Crippen molar-refractivity contribution < 1.29 is 19.1 Å². The van der Waals surface area contributed by atoms with Gasteiger partial charge in [0.05, 0.1) is 13.2 Å². The van der Waals surface area contributed by atoms with E-state index in [2.05, 4.69) is 22.6 Å². The van der Waals surface area contributed by atoms with Crippen molar-refractivity contribution in [3.63, 3.8) is 0 Å². The van der Waals surface area contributed by atoms with Gasteiger partial charge < -0.3 is 9.47 Å². The molecule has 19 heavy (non-hydrogen) atoms. The van der Waals surface area contributed by atoms with Crippen molar-refractivity contribution in [2.45, 2.75) is 26.7 Å². The van der Waals surface area contributed by atoms with Crippen LogP contribution in [0.3, 0.4) is 0 Å². The highest BCUT2D eigenvalue weighted by Gasteiger charge is 2.32. The Labute approximate surface area is 126 Å². The topological polar surface area (TPSA) is 52.6 Å². The van der Waals surface area contributed by atoms with Crippen molar-refractivity contribution in [3.05, 3.63) is 32.9 Å². The molecule has 0 aliphatic carbocycles. The Bertz CT molecular complexity index is 453. The number of rotatable bonds is 5. The molecule has 1 rings (SSSR count). The molecule has 0 saturated carbocycles. The molecule has 0 atom stereocenters. The van der Waals surface area contributed by atoms with Crippen molar-refractivity contribution in [3.8, 4) is 0 Å². The van der Waals surface area contributed by atoms with Crippen LogP contribution in [0.1, 0.15) is 30.9 Å². The molecular formula is C14H17IO4. The van der Waals surface area contributed by atoms with Gasteiger partial charge in [0.1, 0.15) is 0 Å². The average molecular weight is 376 g/mol. The molecule has 4 nitrogen and oxygen atoms in total. The van der Waals surface area contributed by atoms with Gasteiger partial charge in [-0.05, 0) is 55.0 Å². The first-order valence-electron chi connectivity index (χ1n) is 6.10. The van der Waals surface area contributed by atoms with E-state index in [1.165, 1.54) is 0 Å². The average Bonchev–Trinajstić information content (AvgIpc) is 2.34. The summed E-state index contributed by atoms with van der Waals surface area (Å²) in [6, 6.07) is 5.62. The Morgan fingerprint density at radius 1 is 1.16 bits per heavy atom. The highest BCUT2D eigenvalue weighted by molar-refractivity contribution is 14.1. The van der Waals surface area contributed by atoms with Crippen molar-refractivity contribution in [1.29, 1.82) is 0 Å². The maximum absolute atomic E-state index is 12.0. The maximum atomic E-state index is 12.0. The second kappa shape index (κ2) is 7.47. The van der Waals surface area contributed by atoms with Crippen LogP contribution in [0.5, 0.6) is 0 Å². The van der Waals surface area contributed by atoms with Crippen molar-refractivity contribution in [2.24, 2.45) is 0 Å². The summed E-state index contributed by atoms with van der Waals surface area (Å²) in [5.41, 5.74) is 1.62. The highest BCUT2D eigenvalue weighted by Crippen LogP contribution is 2.26. The van der Waals surface area contributed by atoms with E-state index in [1.54, 1.807) is 13.8 Å². The van der Waals surface area contributed by atoms with Crippen LogP contribution in [0, 0.1) is 10.5 Å². The second-order valence-corrected chi connectivity index (χ2v) is 5.12. The number of hydrogen-bond acceptors (Lipinski definition) is 4. The van der Waals surface area contributed by atoms with Gasteiger partial charge in [0, 0.05) is 3.57 Å². The molecule has 0 saturated heterocycles. The Hall–Kier alpha value is -1.11. The van der Waals surface area contributed by atoms with E-state index in [9.17, 15) is 9.59 Å². The lowest BCUT2D eigenvalue weighted by molar-refractivity contribution is -0.156. The third-order valence-corrected chi connectivity index (χ3v) is 3.49. The fourth-order valence-corrected chi connectivity index (χ4v) is 2.33. The number of ether oxygens (including phenoxy) is 2. The normalized spacial score (nSPS) is 10.4. The van der Waals surface area contributed by atoms with Crippen LogP contribution in [-0.4, -0.2) is 25.2 Å². The van der Waals surface area contributed by atoms with Gasteiger partial charge in [0.25, 0.3) is 0 Å². The van der Waals surface area contributed by atoms with Crippen LogP contribution in [0.25, 0.3) is 0 Å². The summed E-state index contributed by atoms with van der Waals surface area (Å²) in [6.45, 7) is 5.80. The zero-order valence-corrected chi connectivity index (χ0v) is 13.4. The lowest BCUT2D eigenvalue weighted by Gasteiger charge is -2.16. The Kier molecular flexibility index (Phi) is 6.27. The summed E-state index contributed by atoms with van der Waals surface area (Å²) in [7, 11) is 0. The number of aryl methyl sites for hydroxylation is 1. The zero-order chi connectivity index (χ0) is 14.4. The molecule has 5 heteroatoms. The molecule has 0 spiro atoms. The molecule has 0 aliphatic rings. The summed E-state index contributed by atoms with van der Waals surface area (Å²) in [4.78, 5) is 24.0. The van der Waals surface area contributed by atoms with Crippen LogP contribution in [-0.2, 0) is 19.1 Å². The van der Waals surface area contributed by atoms with Gasteiger partial charge in [0.15, 0.2) is 5.92 Å². The Morgan fingerprint density at radius 2 is 1.68 bits per heavy atom. The first-order valence-corrected chi connectivity index (χ1v) is 7.18. The first kappa shape index (κ1) is 15.9.